The lowest BCUT2D eigenvalue weighted by molar-refractivity contribution is -0.116. The molecule has 0 fully saturated rings. The summed E-state index contributed by atoms with van der Waals surface area (Å²) < 4.78 is 24.9. The Bertz CT molecular complexity index is 1260. The van der Waals surface area contributed by atoms with Crippen molar-refractivity contribution < 1.29 is 18.7 Å². The molecule has 2 N–H and O–H groups in total. The predicted molar refractivity (Wildman–Crippen MR) is 125 cm³/mol. The number of H-pyrrole nitrogens is 1. The smallest absolute Gasteiger partial charge is 0.257 e. The molecular formula is C24H22FN3O4S. The number of carbonyl (C=O) groups is 1. The van der Waals surface area contributed by atoms with Crippen molar-refractivity contribution in [3.05, 3.63) is 88.0 Å². The maximum Gasteiger partial charge on any atom is 0.257 e. The number of hydrogen-bond acceptors (Lipinski definition) is 6. The summed E-state index contributed by atoms with van der Waals surface area (Å²) >= 11 is 1.19. The van der Waals surface area contributed by atoms with E-state index in [1.54, 1.807) is 42.5 Å². The van der Waals surface area contributed by atoms with Crippen LogP contribution in [0.3, 0.4) is 0 Å². The number of aromatic amines is 1. The molecule has 33 heavy (non-hydrogen) atoms. The van der Waals surface area contributed by atoms with Gasteiger partial charge in [0.25, 0.3) is 5.56 Å². The fourth-order valence-corrected chi connectivity index (χ4v) is 4.48. The lowest BCUT2D eigenvalue weighted by atomic mass is 9.86. The number of amides is 1. The lowest BCUT2D eigenvalue weighted by Gasteiger charge is -2.25. The maximum absolute atomic E-state index is 13.9. The number of nitrogens with zero attached hydrogens (tertiary/aromatic N) is 1. The quantitative estimate of drug-likeness (QED) is 0.292. The van der Waals surface area contributed by atoms with Crippen LogP contribution >= 0.6 is 11.8 Å². The van der Waals surface area contributed by atoms with E-state index in [9.17, 15) is 14.0 Å². The first kappa shape index (κ1) is 22.6. The van der Waals surface area contributed by atoms with Gasteiger partial charge in [0, 0.05) is 18.1 Å². The Balaban J connectivity index is 1.65. The number of aromatic nitrogens is 2. The first-order valence-electron chi connectivity index (χ1n) is 10.2. The third-order valence-corrected chi connectivity index (χ3v) is 6.12. The van der Waals surface area contributed by atoms with Crippen LogP contribution < -0.4 is 20.3 Å². The third-order valence-electron chi connectivity index (χ3n) is 5.20. The van der Waals surface area contributed by atoms with Crippen LogP contribution in [0.4, 0.5) is 10.2 Å². The van der Waals surface area contributed by atoms with Gasteiger partial charge in [0.05, 0.1) is 12.7 Å². The summed E-state index contributed by atoms with van der Waals surface area (Å²) in [6.07, 6.45) is 1.72. The molecule has 0 saturated heterocycles. The van der Waals surface area contributed by atoms with Crippen LogP contribution in [0.1, 0.15) is 29.0 Å². The van der Waals surface area contributed by atoms with Crippen molar-refractivity contribution in [1.82, 2.24) is 9.97 Å². The number of benzene rings is 2. The summed E-state index contributed by atoms with van der Waals surface area (Å²) in [6.45, 7) is 3.95. The van der Waals surface area contributed by atoms with Crippen LogP contribution in [0.15, 0.2) is 65.1 Å². The number of methoxy groups -OCH3 is 1. The number of anilines is 1. The summed E-state index contributed by atoms with van der Waals surface area (Å²) in [6, 6.07) is 11.7. The van der Waals surface area contributed by atoms with Crippen LogP contribution in [0, 0.1) is 5.82 Å². The maximum atomic E-state index is 13.9. The molecule has 170 valence electrons. The number of rotatable bonds is 8. The number of nitrogens with one attached hydrogen (secondary N) is 2. The highest BCUT2D eigenvalue weighted by atomic mass is 32.2. The van der Waals surface area contributed by atoms with Crippen molar-refractivity contribution in [2.24, 2.45) is 0 Å². The molecular weight excluding hydrogens is 445 g/mol. The highest BCUT2D eigenvalue weighted by Crippen LogP contribution is 2.38. The molecule has 9 heteroatoms. The number of halogens is 1. The predicted octanol–water partition coefficient (Wildman–Crippen LogP) is 4.25. The van der Waals surface area contributed by atoms with Gasteiger partial charge in [-0.2, -0.15) is 0 Å². The minimum Gasteiger partial charge on any atom is -0.493 e. The van der Waals surface area contributed by atoms with Crippen LogP contribution in [0.25, 0.3) is 0 Å². The Labute approximate surface area is 194 Å². The lowest BCUT2D eigenvalue weighted by Crippen LogP contribution is -2.31. The normalized spacial score (nSPS) is 14.8. The van der Waals surface area contributed by atoms with E-state index in [0.29, 0.717) is 34.4 Å². The zero-order valence-electron chi connectivity index (χ0n) is 17.9. The molecule has 2 heterocycles. The third kappa shape index (κ3) is 4.93. The van der Waals surface area contributed by atoms with Crippen LogP contribution in [-0.4, -0.2) is 29.6 Å². The monoisotopic (exact) mass is 467 g/mol. The Morgan fingerprint density at radius 2 is 2.06 bits per heavy atom. The van der Waals surface area contributed by atoms with Gasteiger partial charge >= 0.3 is 0 Å². The van der Waals surface area contributed by atoms with E-state index in [4.69, 9.17) is 9.47 Å². The Kier molecular flexibility index (Phi) is 6.79. The van der Waals surface area contributed by atoms with Crippen LogP contribution in [0.5, 0.6) is 11.5 Å². The first-order valence-corrected chi connectivity index (χ1v) is 11.2. The molecule has 0 saturated carbocycles. The second-order valence-corrected chi connectivity index (χ2v) is 8.29. The molecule has 1 atom stereocenters. The largest absolute Gasteiger partial charge is 0.493 e. The molecule has 0 bridgehead atoms. The van der Waals surface area contributed by atoms with Crippen LogP contribution in [-0.2, 0) is 10.5 Å². The molecule has 1 amide bonds. The zero-order chi connectivity index (χ0) is 23.4. The van der Waals surface area contributed by atoms with Crippen molar-refractivity contribution in [3.63, 3.8) is 0 Å². The Morgan fingerprint density at radius 1 is 1.24 bits per heavy atom. The molecule has 3 aromatic rings. The fourth-order valence-electron chi connectivity index (χ4n) is 3.63. The molecule has 2 aromatic carbocycles. The summed E-state index contributed by atoms with van der Waals surface area (Å²) in [5.41, 5.74) is 1.24. The fraction of sp³-hybridized carbons (Fsp3) is 0.208. The second-order valence-electron chi connectivity index (χ2n) is 7.33. The van der Waals surface area contributed by atoms with E-state index in [-0.39, 0.29) is 35.3 Å². The van der Waals surface area contributed by atoms with Gasteiger partial charge < -0.3 is 19.8 Å². The molecule has 0 aliphatic carbocycles. The van der Waals surface area contributed by atoms with E-state index in [1.165, 1.54) is 24.9 Å². The van der Waals surface area contributed by atoms with Gasteiger partial charge in [-0.05, 0) is 29.3 Å². The summed E-state index contributed by atoms with van der Waals surface area (Å²) in [5, 5.41) is 2.99. The highest BCUT2D eigenvalue weighted by molar-refractivity contribution is 7.98. The van der Waals surface area contributed by atoms with Gasteiger partial charge in [0.1, 0.15) is 18.2 Å². The van der Waals surface area contributed by atoms with Gasteiger partial charge in [-0.15, -0.1) is 0 Å². The average Bonchev–Trinajstić information content (AvgIpc) is 2.81. The number of hydrogen-bond donors (Lipinski definition) is 2. The van der Waals surface area contributed by atoms with Crippen molar-refractivity contribution in [1.29, 1.82) is 0 Å². The number of thioether (sulfide) groups is 1. The van der Waals surface area contributed by atoms with E-state index in [0.717, 1.165) is 5.56 Å². The van der Waals surface area contributed by atoms with Crippen LogP contribution in [0.2, 0.25) is 0 Å². The van der Waals surface area contributed by atoms with Gasteiger partial charge in [-0.25, -0.2) is 9.37 Å². The van der Waals surface area contributed by atoms with E-state index < -0.39 is 5.92 Å². The first-order chi connectivity index (χ1) is 16.0. The Morgan fingerprint density at radius 3 is 2.82 bits per heavy atom. The van der Waals surface area contributed by atoms with Crippen molar-refractivity contribution in [2.45, 2.75) is 23.2 Å². The summed E-state index contributed by atoms with van der Waals surface area (Å²) in [5.74, 6) is 0.446. The van der Waals surface area contributed by atoms with Crippen molar-refractivity contribution in [3.8, 4) is 11.5 Å². The van der Waals surface area contributed by atoms with Gasteiger partial charge in [-0.1, -0.05) is 48.7 Å². The molecule has 7 nitrogen and oxygen atoms in total. The van der Waals surface area contributed by atoms with Gasteiger partial charge in [0.15, 0.2) is 16.7 Å². The molecule has 0 spiro atoms. The number of carbonyl (C=O) groups excluding carboxylic acids is 1. The zero-order valence-corrected chi connectivity index (χ0v) is 18.7. The minimum absolute atomic E-state index is 0.0927. The molecule has 1 aliphatic rings. The van der Waals surface area contributed by atoms with Gasteiger partial charge in [-0.3, -0.25) is 9.59 Å². The van der Waals surface area contributed by atoms with Gasteiger partial charge in [0.2, 0.25) is 5.91 Å². The second kappa shape index (κ2) is 9.91. The van der Waals surface area contributed by atoms with E-state index in [1.807, 2.05) is 0 Å². The topological polar surface area (TPSA) is 93.3 Å². The molecule has 4 rings (SSSR count). The summed E-state index contributed by atoms with van der Waals surface area (Å²) in [7, 11) is 1.52. The van der Waals surface area contributed by atoms with E-state index in [2.05, 4.69) is 21.9 Å². The number of ether oxygens (including phenoxy) is 2. The molecule has 1 unspecified atom stereocenters. The van der Waals surface area contributed by atoms with Crippen molar-refractivity contribution >= 4 is 23.5 Å². The summed E-state index contributed by atoms with van der Waals surface area (Å²) in [4.78, 5) is 32.6. The number of fused-ring (bicyclic) bond motifs is 1. The SMILES string of the molecule is C=CCOc1ccc(C2CC(=O)Nc3nc(SCc4ccccc4F)[nH]c(=O)c32)cc1OC. The molecule has 1 aliphatic heterocycles. The highest BCUT2D eigenvalue weighted by Gasteiger charge is 2.31. The van der Waals surface area contributed by atoms with Crippen molar-refractivity contribution in [2.75, 3.05) is 19.0 Å². The average molecular weight is 468 g/mol. The standard InChI is InChI=1S/C24H22FN3O4S/c1-3-10-32-18-9-8-14(11-19(18)31-2)16-12-20(29)26-22-21(16)23(30)28-24(27-22)33-13-15-6-4-5-7-17(15)25/h3-9,11,16H,1,10,12-13H2,2H3,(H2,26,27,28,29,30). The Hall–Kier alpha value is -3.59. The minimum atomic E-state index is -0.502. The van der Waals surface area contributed by atoms with E-state index >= 15 is 0 Å². The molecule has 0 radical (unpaired) electrons. The molecule has 1 aromatic heterocycles.